The minimum atomic E-state index is -0.0835. The van der Waals surface area contributed by atoms with Crippen molar-refractivity contribution in [1.29, 1.82) is 0 Å². The molecule has 4 heteroatoms. The summed E-state index contributed by atoms with van der Waals surface area (Å²) >= 11 is 0. The Labute approximate surface area is 120 Å². The number of nitrogens with two attached hydrogens (primary N) is 1. The number of hydrogen-bond donors (Lipinski definition) is 2. The van der Waals surface area contributed by atoms with Crippen molar-refractivity contribution in [3.8, 4) is 5.75 Å². The van der Waals surface area contributed by atoms with E-state index in [0.29, 0.717) is 29.5 Å². The molecule has 2 unspecified atom stereocenters. The Kier molecular flexibility index (Phi) is 4.88. The van der Waals surface area contributed by atoms with E-state index in [-0.39, 0.29) is 11.9 Å². The molecule has 0 radical (unpaired) electrons. The van der Waals surface area contributed by atoms with Crippen LogP contribution in [0.3, 0.4) is 0 Å². The first kappa shape index (κ1) is 14.7. The lowest BCUT2D eigenvalue weighted by Crippen LogP contribution is -2.38. The number of benzene rings is 1. The third-order valence-corrected chi connectivity index (χ3v) is 3.85. The summed E-state index contributed by atoms with van der Waals surface area (Å²) in [6.07, 6.45) is 4.55. The van der Waals surface area contributed by atoms with Crippen molar-refractivity contribution < 1.29 is 9.53 Å². The molecule has 0 aliphatic heterocycles. The van der Waals surface area contributed by atoms with Gasteiger partial charge in [0.15, 0.2) is 5.75 Å². The predicted octanol–water partition coefficient (Wildman–Crippen LogP) is 2.98. The van der Waals surface area contributed by atoms with E-state index in [0.717, 1.165) is 12.8 Å². The van der Waals surface area contributed by atoms with Crippen molar-refractivity contribution >= 4 is 11.6 Å². The van der Waals surface area contributed by atoms with Crippen LogP contribution in [-0.4, -0.2) is 18.6 Å². The van der Waals surface area contributed by atoms with Gasteiger partial charge in [0, 0.05) is 6.04 Å². The van der Waals surface area contributed by atoms with Gasteiger partial charge in [-0.2, -0.15) is 0 Å². The Morgan fingerprint density at radius 2 is 2.25 bits per heavy atom. The molecule has 0 heterocycles. The van der Waals surface area contributed by atoms with Gasteiger partial charge >= 0.3 is 0 Å². The molecule has 110 valence electrons. The van der Waals surface area contributed by atoms with Gasteiger partial charge in [-0.1, -0.05) is 25.8 Å². The monoisotopic (exact) mass is 276 g/mol. The molecular formula is C16H24N2O2. The summed E-state index contributed by atoms with van der Waals surface area (Å²) in [6, 6.07) is 5.58. The normalized spacial score (nSPS) is 22.3. The van der Waals surface area contributed by atoms with Gasteiger partial charge in [0.25, 0.3) is 5.91 Å². The molecule has 1 aromatic rings. The van der Waals surface area contributed by atoms with Crippen molar-refractivity contribution in [2.75, 3.05) is 12.3 Å². The maximum atomic E-state index is 12.4. The quantitative estimate of drug-likeness (QED) is 0.831. The highest BCUT2D eigenvalue weighted by Crippen LogP contribution is 2.28. The van der Waals surface area contributed by atoms with E-state index in [4.69, 9.17) is 10.5 Å². The highest BCUT2D eigenvalue weighted by atomic mass is 16.5. The zero-order valence-corrected chi connectivity index (χ0v) is 12.3. The molecule has 1 saturated carbocycles. The fourth-order valence-corrected chi connectivity index (χ4v) is 2.87. The molecule has 1 aliphatic rings. The van der Waals surface area contributed by atoms with E-state index in [9.17, 15) is 4.79 Å². The molecule has 0 spiro atoms. The average Bonchev–Trinajstić information content (AvgIpc) is 2.41. The molecule has 4 nitrogen and oxygen atoms in total. The van der Waals surface area contributed by atoms with E-state index < -0.39 is 0 Å². The molecule has 1 aliphatic carbocycles. The van der Waals surface area contributed by atoms with Crippen LogP contribution < -0.4 is 15.8 Å². The van der Waals surface area contributed by atoms with E-state index in [1.54, 1.807) is 18.2 Å². The van der Waals surface area contributed by atoms with Crippen LogP contribution in [0.25, 0.3) is 0 Å². The Bertz CT molecular complexity index is 474. The van der Waals surface area contributed by atoms with Gasteiger partial charge in [-0.25, -0.2) is 0 Å². The second kappa shape index (κ2) is 6.64. The van der Waals surface area contributed by atoms with Crippen LogP contribution in [0.5, 0.6) is 5.75 Å². The Balaban J connectivity index is 2.10. The number of ether oxygens (including phenoxy) is 1. The van der Waals surface area contributed by atoms with Crippen molar-refractivity contribution in [3.63, 3.8) is 0 Å². The molecule has 20 heavy (non-hydrogen) atoms. The summed E-state index contributed by atoms with van der Waals surface area (Å²) in [5.41, 5.74) is 6.94. The van der Waals surface area contributed by atoms with Gasteiger partial charge in [0.05, 0.1) is 17.9 Å². The summed E-state index contributed by atoms with van der Waals surface area (Å²) in [5.74, 6) is 1.09. The van der Waals surface area contributed by atoms with Crippen LogP contribution in [0.2, 0.25) is 0 Å². The fourth-order valence-electron chi connectivity index (χ4n) is 2.87. The number of carbonyl (C=O) groups excluding carboxylic acids is 1. The number of carbonyl (C=O) groups is 1. The minimum absolute atomic E-state index is 0.0835. The highest BCUT2D eigenvalue weighted by molar-refractivity contribution is 5.98. The van der Waals surface area contributed by atoms with Gasteiger partial charge in [-0.3, -0.25) is 4.79 Å². The largest absolute Gasteiger partial charge is 0.491 e. The van der Waals surface area contributed by atoms with Crippen molar-refractivity contribution in [2.45, 2.75) is 45.6 Å². The molecule has 3 N–H and O–H groups in total. The number of anilines is 1. The van der Waals surface area contributed by atoms with E-state index in [1.165, 1.54) is 12.8 Å². The highest BCUT2D eigenvalue weighted by Gasteiger charge is 2.22. The second-order valence-corrected chi connectivity index (χ2v) is 5.60. The summed E-state index contributed by atoms with van der Waals surface area (Å²) in [4.78, 5) is 12.4. The molecule has 1 aromatic carbocycles. The Hall–Kier alpha value is -1.71. The first-order valence-corrected chi connectivity index (χ1v) is 7.44. The van der Waals surface area contributed by atoms with E-state index in [2.05, 4.69) is 12.2 Å². The first-order chi connectivity index (χ1) is 9.61. The topological polar surface area (TPSA) is 64.3 Å². The molecular weight excluding hydrogens is 252 g/mol. The van der Waals surface area contributed by atoms with Crippen LogP contribution in [0.1, 0.15) is 49.9 Å². The number of hydrogen-bond acceptors (Lipinski definition) is 3. The lowest BCUT2D eigenvalue weighted by atomic mass is 9.87. The first-order valence-electron chi connectivity index (χ1n) is 7.44. The second-order valence-electron chi connectivity index (χ2n) is 5.60. The average molecular weight is 276 g/mol. The van der Waals surface area contributed by atoms with Crippen LogP contribution in [-0.2, 0) is 0 Å². The van der Waals surface area contributed by atoms with Crippen LogP contribution in [0, 0.1) is 5.92 Å². The van der Waals surface area contributed by atoms with Gasteiger partial charge in [-0.15, -0.1) is 0 Å². The van der Waals surface area contributed by atoms with Crippen LogP contribution in [0.15, 0.2) is 18.2 Å². The number of rotatable bonds is 4. The minimum Gasteiger partial charge on any atom is -0.491 e. The summed E-state index contributed by atoms with van der Waals surface area (Å²) in [5, 5.41) is 3.12. The summed E-state index contributed by atoms with van der Waals surface area (Å²) in [6.45, 7) is 4.62. The third kappa shape index (κ3) is 3.44. The number of amides is 1. The van der Waals surface area contributed by atoms with Gasteiger partial charge in [-0.05, 0) is 37.8 Å². The molecule has 2 rings (SSSR count). The predicted molar refractivity (Wildman–Crippen MR) is 80.9 cm³/mol. The SMILES string of the molecule is CCOc1c(N)cccc1C(=O)NC1CCCC(C)C1. The zero-order valence-electron chi connectivity index (χ0n) is 12.3. The van der Waals surface area contributed by atoms with Crippen LogP contribution >= 0.6 is 0 Å². The standard InChI is InChI=1S/C16H24N2O2/c1-3-20-15-13(8-5-9-14(15)17)16(19)18-12-7-4-6-11(2)10-12/h5,8-9,11-12H,3-4,6-7,10,17H2,1-2H3,(H,18,19). The van der Waals surface area contributed by atoms with Gasteiger partial charge < -0.3 is 15.8 Å². The lowest BCUT2D eigenvalue weighted by molar-refractivity contribution is 0.0917. The van der Waals surface area contributed by atoms with Crippen LogP contribution in [0.4, 0.5) is 5.69 Å². The molecule has 2 atom stereocenters. The van der Waals surface area contributed by atoms with Crippen molar-refractivity contribution in [1.82, 2.24) is 5.32 Å². The van der Waals surface area contributed by atoms with Gasteiger partial charge in [0.1, 0.15) is 0 Å². The number of para-hydroxylation sites is 1. The van der Waals surface area contributed by atoms with Crippen molar-refractivity contribution in [2.24, 2.45) is 5.92 Å². The maximum Gasteiger partial charge on any atom is 0.255 e. The third-order valence-electron chi connectivity index (χ3n) is 3.85. The van der Waals surface area contributed by atoms with E-state index >= 15 is 0 Å². The zero-order chi connectivity index (χ0) is 14.5. The Morgan fingerprint density at radius 3 is 2.95 bits per heavy atom. The van der Waals surface area contributed by atoms with Crippen molar-refractivity contribution in [3.05, 3.63) is 23.8 Å². The molecule has 0 aromatic heterocycles. The fraction of sp³-hybridized carbons (Fsp3) is 0.562. The smallest absolute Gasteiger partial charge is 0.255 e. The van der Waals surface area contributed by atoms with E-state index in [1.807, 2.05) is 6.92 Å². The number of nitrogens with one attached hydrogen (secondary N) is 1. The maximum absolute atomic E-state index is 12.4. The molecule has 0 saturated heterocycles. The molecule has 0 bridgehead atoms. The van der Waals surface area contributed by atoms with Gasteiger partial charge in [0.2, 0.25) is 0 Å². The molecule has 1 fully saturated rings. The number of nitrogen functional groups attached to an aromatic ring is 1. The molecule has 1 amide bonds. The Morgan fingerprint density at radius 1 is 1.45 bits per heavy atom. The summed E-state index contributed by atoms with van der Waals surface area (Å²) < 4.78 is 5.51. The summed E-state index contributed by atoms with van der Waals surface area (Å²) in [7, 11) is 0. The lowest BCUT2D eigenvalue weighted by Gasteiger charge is -2.27.